The van der Waals surface area contributed by atoms with Crippen LogP contribution in [0, 0.1) is 0 Å². The minimum absolute atomic E-state index is 0.116. The van der Waals surface area contributed by atoms with Crippen molar-refractivity contribution >= 4 is 69.2 Å². The Morgan fingerprint density at radius 3 is 1.67 bits per heavy atom. The Bertz CT molecular complexity index is 3130. The minimum Gasteiger partial charge on any atom is -0.497 e. The van der Waals surface area contributed by atoms with Crippen molar-refractivity contribution in [3.8, 4) is 22.8 Å². The lowest BCUT2D eigenvalue weighted by atomic mass is 9.95. The minimum atomic E-state index is -1.61. The van der Waals surface area contributed by atoms with Crippen LogP contribution in [0.25, 0.3) is 33.2 Å². The summed E-state index contributed by atoms with van der Waals surface area (Å²) in [6.45, 7) is 0.330. The van der Waals surface area contributed by atoms with Gasteiger partial charge < -0.3 is 38.7 Å². The lowest BCUT2D eigenvalue weighted by Crippen LogP contribution is -2.52. The van der Waals surface area contributed by atoms with E-state index < -0.39 is 35.0 Å². The third-order valence-corrected chi connectivity index (χ3v) is 11.9. The molecule has 2 aromatic carbocycles. The van der Waals surface area contributed by atoms with Crippen molar-refractivity contribution in [3.63, 3.8) is 0 Å². The Morgan fingerprint density at radius 1 is 0.688 bits per heavy atom. The van der Waals surface area contributed by atoms with E-state index in [2.05, 4.69) is 41.4 Å². The molecule has 9 heterocycles. The van der Waals surface area contributed by atoms with Gasteiger partial charge >= 0.3 is 12.1 Å². The summed E-state index contributed by atoms with van der Waals surface area (Å²) in [4.78, 5) is 87.9. The second-order valence-electron chi connectivity index (χ2n) is 15.3. The van der Waals surface area contributed by atoms with Gasteiger partial charge in [0.25, 0.3) is 23.6 Å². The fourth-order valence-electron chi connectivity index (χ4n) is 8.40. The molecule has 7 aromatic rings. The monoisotopic (exact) mass is 884 g/mol. The molecule has 5 N–H and O–H groups in total. The van der Waals surface area contributed by atoms with Gasteiger partial charge in [0.2, 0.25) is 0 Å². The average Bonchev–Trinajstić information content (AvgIpc) is 4.17. The quantitative estimate of drug-likeness (QED) is 0.101. The van der Waals surface area contributed by atoms with Gasteiger partial charge in [-0.2, -0.15) is 5.10 Å². The van der Waals surface area contributed by atoms with Crippen molar-refractivity contribution in [1.29, 1.82) is 0 Å². The molecular weight excluding hydrogens is 852 g/mol. The highest BCUT2D eigenvalue weighted by atomic mass is 35.5. The number of fused-ring (bicyclic) bond motifs is 4. The zero-order valence-electron chi connectivity index (χ0n) is 33.6. The molecule has 4 aliphatic rings. The van der Waals surface area contributed by atoms with E-state index in [0.717, 1.165) is 16.7 Å². The van der Waals surface area contributed by atoms with Crippen LogP contribution >= 0.6 is 11.6 Å². The number of pyridine rings is 2. The number of amides is 8. The van der Waals surface area contributed by atoms with Gasteiger partial charge in [0.05, 0.1) is 44.6 Å². The van der Waals surface area contributed by atoms with Gasteiger partial charge in [-0.3, -0.25) is 39.9 Å². The van der Waals surface area contributed by atoms with Crippen LogP contribution < -0.4 is 30.7 Å². The number of ether oxygens (including phenoxy) is 2. The molecule has 64 heavy (non-hydrogen) atoms. The van der Waals surface area contributed by atoms with Crippen LogP contribution in [0.5, 0.6) is 11.5 Å². The first-order valence-corrected chi connectivity index (χ1v) is 19.9. The fourth-order valence-corrected chi connectivity index (χ4v) is 8.60. The van der Waals surface area contributed by atoms with Crippen LogP contribution in [-0.2, 0) is 33.8 Å². The maximum atomic E-state index is 13.2. The number of nitrogens with zero attached hydrogens (tertiary/aromatic N) is 5. The second kappa shape index (κ2) is 15.0. The number of H-pyrrole nitrogens is 1. The van der Waals surface area contributed by atoms with Crippen molar-refractivity contribution in [3.05, 3.63) is 124 Å². The first-order chi connectivity index (χ1) is 30.9. The molecule has 2 fully saturated rings. The lowest BCUT2D eigenvalue weighted by Gasteiger charge is -2.29. The van der Waals surface area contributed by atoms with Gasteiger partial charge in [0.1, 0.15) is 39.3 Å². The first-order valence-electron chi connectivity index (χ1n) is 19.5. The molecule has 322 valence electrons. The normalized spacial score (nSPS) is 19.9. The highest BCUT2D eigenvalue weighted by Gasteiger charge is 2.54. The van der Waals surface area contributed by atoms with Gasteiger partial charge in [-0.15, -0.1) is 0 Å². The standard InChI is InChI=1S/C23H18N6O5.C20H15ClN4O5/c1-33-14-3-2-12-10-29(20(30)15(12)6-14)11-23(21(31)27-22(32)28-23)18-7-16-17(34-18)4-5-24-19(16)13-8-25-26-9-13;1-29-11-3-2-10-8-25(17(26)12(10)6-11)9-20(18(27)23-19(28)24-20)15-7-13-14(30-15)4-5-22-16(13)21/h2-9H,10-11H2,1H3,(H,25,26)(H2,27,28,31,32);2-7H,8-9H2,1H3,(H2,23,24,27,28)/t23-;20-/m00/s1. The van der Waals surface area contributed by atoms with Crippen LogP contribution in [0.15, 0.2) is 94.3 Å². The molecule has 2 atom stereocenters. The third kappa shape index (κ3) is 6.41. The van der Waals surface area contributed by atoms with Gasteiger partial charge in [-0.25, -0.2) is 14.6 Å². The Hall–Kier alpha value is -8.26. The predicted octanol–water partition coefficient (Wildman–Crippen LogP) is 4.10. The topological polar surface area (TPSA) is 256 Å². The number of methoxy groups -OCH3 is 2. The zero-order valence-corrected chi connectivity index (χ0v) is 34.4. The van der Waals surface area contributed by atoms with Crippen LogP contribution in [0.2, 0.25) is 5.15 Å². The Labute approximate surface area is 365 Å². The fraction of sp³-hybridized carbons (Fsp3) is 0.186. The summed E-state index contributed by atoms with van der Waals surface area (Å²) in [5.74, 6) is -0.265. The summed E-state index contributed by atoms with van der Waals surface area (Å²) in [5, 5.41) is 17.9. The van der Waals surface area contributed by atoms with E-state index in [9.17, 15) is 28.8 Å². The summed E-state index contributed by atoms with van der Waals surface area (Å²) in [5.41, 5.74) is 1.64. The number of rotatable bonds is 9. The zero-order chi connectivity index (χ0) is 44.5. The third-order valence-electron chi connectivity index (χ3n) is 11.6. The summed E-state index contributed by atoms with van der Waals surface area (Å²) < 4.78 is 22.4. The average molecular weight is 885 g/mol. The van der Waals surface area contributed by atoms with E-state index >= 15 is 0 Å². The molecule has 8 amide bonds. The molecular formula is C43H33ClN10O10. The van der Waals surface area contributed by atoms with Crippen molar-refractivity contribution in [1.82, 2.24) is 51.2 Å². The maximum Gasteiger partial charge on any atom is 0.322 e. The maximum absolute atomic E-state index is 13.2. The van der Waals surface area contributed by atoms with E-state index in [4.69, 9.17) is 29.9 Å². The number of aromatic amines is 1. The Morgan fingerprint density at radius 2 is 1.20 bits per heavy atom. The first kappa shape index (κ1) is 39.9. The summed E-state index contributed by atoms with van der Waals surface area (Å²) in [7, 11) is 3.05. The number of nitrogens with one attached hydrogen (secondary N) is 5. The van der Waals surface area contributed by atoms with Crippen molar-refractivity contribution < 1.29 is 47.1 Å². The molecule has 0 aliphatic carbocycles. The van der Waals surface area contributed by atoms with Crippen LogP contribution in [0.3, 0.4) is 0 Å². The molecule has 4 aliphatic heterocycles. The van der Waals surface area contributed by atoms with Crippen molar-refractivity contribution in [2.24, 2.45) is 0 Å². The highest BCUT2D eigenvalue weighted by Crippen LogP contribution is 2.39. The summed E-state index contributed by atoms with van der Waals surface area (Å²) >= 11 is 6.14. The van der Waals surface area contributed by atoms with Crippen molar-refractivity contribution in [2.45, 2.75) is 24.2 Å². The number of furan rings is 2. The molecule has 0 spiro atoms. The lowest BCUT2D eigenvalue weighted by molar-refractivity contribution is -0.126. The summed E-state index contributed by atoms with van der Waals surface area (Å²) in [6.07, 6.45) is 6.39. The number of urea groups is 2. The van der Waals surface area contributed by atoms with Gasteiger partial charge in [-0.1, -0.05) is 23.7 Å². The van der Waals surface area contributed by atoms with E-state index in [1.54, 1.807) is 73.2 Å². The van der Waals surface area contributed by atoms with Gasteiger partial charge in [0, 0.05) is 53.8 Å². The number of benzene rings is 2. The van der Waals surface area contributed by atoms with E-state index in [0.29, 0.717) is 50.3 Å². The van der Waals surface area contributed by atoms with E-state index in [-0.39, 0.29) is 54.7 Å². The van der Waals surface area contributed by atoms with Crippen LogP contribution in [0.1, 0.15) is 43.4 Å². The summed E-state index contributed by atoms with van der Waals surface area (Å²) in [6, 6.07) is 15.7. The molecule has 21 heteroatoms. The number of imide groups is 2. The largest absolute Gasteiger partial charge is 0.497 e. The smallest absolute Gasteiger partial charge is 0.322 e. The molecule has 0 saturated carbocycles. The second-order valence-corrected chi connectivity index (χ2v) is 15.6. The van der Waals surface area contributed by atoms with Gasteiger partial charge in [0.15, 0.2) is 11.1 Å². The Kier molecular flexibility index (Phi) is 9.33. The number of hydrogen-bond donors (Lipinski definition) is 5. The Balaban J connectivity index is 0.000000153. The highest BCUT2D eigenvalue weighted by molar-refractivity contribution is 6.34. The number of carbonyl (C=O) groups is 6. The molecule has 2 saturated heterocycles. The molecule has 20 nitrogen and oxygen atoms in total. The number of halogens is 1. The van der Waals surface area contributed by atoms with Crippen molar-refractivity contribution in [2.75, 3.05) is 27.3 Å². The predicted molar refractivity (Wildman–Crippen MR) is 223 cm³/mol. The molecule has 0 radical (unpaired) electrons. The van der Waals surface area contributed by atoms with Crippen LogP contribution in [-0.4, -0.2) is 93.0 Å². The number of hydrogen-bond acceptors (Lipinski definition) is 13. The number of aromatic nitrogens is 4. The number of carbonyl (C=O) groups excluding carboxylic acids is 6. The molecule has 5 aromatic heterocycles. The molecule has 0 unspecified atom stereocenters. The molecule has 0 bridgehead atoms. The molecule has 11 rings (SSSR count). The van der Waals surface area contributed by atoms with E-state index in [1.165, 1.54) is 30.2 Å². The van der Waals surface area contributed by atoms with E-state index in [1.807, 2.05) is 6.07 Å². The van der Waals surface area contributed by atoms with Crippen LogP contribution in [0.4, 0.5) is 9.59 Å². The van der Waals surface area contributed by atoms with Gasteiger partial charge in [-0.05, 0) is 59.7 Å². The SMILES string of the molecule is COc1ccc2c(c1)C(=O)N(C[C@@]1(c3cc4c(-c5cn[nH]c5)nccc4o3)NC(=O)NC1=O)C2.COc1ccc2c(c1)C(=O)N(C[C@@]1(c3cc4c(Cl)nccc4o3)NC(=O)NC1=O)C2.